The van der Waals surface area contributed by atoms with Crippen molar-refractivity contribution >= 4 is 11.9 Å². The summed E-state index contributed by atoms with van der Waals surface area (Å²) in [5, 5.41) is 0. The van der Waals surface area contributed by atoms with Crippen LogP contribution in [0.2, 0.25) is 0 Å². The second kappa shape index (κ2) is 8.55. The standard InChI is InChI=1S/C19H24O6/c1-4-10-19(17(20)22-5-2,18(21)23-6-3)11-9-14-7-8-15-16(12-14)25-13-24-15/h4,7-8,12H,1,5-6,9-11,13H2,2-3H3. The molecule has 0 bridgehead atoms. The van der Waals surface area contributed by atoms with Gasteiger partial charge in [-0.3, -0.25) is 9.59 Å². The van der Waals surface area contributed by atoms with Crippen LogP contribution in [0.25, 0.3) is 0 Å². The Morgan fingerprint density at radius 3 is 2.40 bits per heavy atom. The van der Waals surface area contributed by atoms with Crippen LogP contribution in [-0.4, -0.2) is 31.9 Å². The molecule has 6 nitrogen and oxygen atoms in total. The molecule has 0 radical (unpaired) electrons. The Kier molecular flexibility index (Phi) is 6.44. The SMILES string of the molecule is C=CCC(CCc1ccc2c(c1)OCO2)(C(=O)OCC)C(=O)OCC. The van der Waals surface area contributed by atoms with Gasteiger partial charge in [0.05, 0.1) is 13.2 Å². The van der Waals surface area contributed by atoms with Crippen LogP contribution in [0.4, 0.5) is 0 Å². The number of hydrogen-bond donors (Lipinski definition) is 0. The monoisotopic (exact) mass is 348 g/mol. The molecule has 0 aromatic heterocycles. The number of aryl methyl sites for hydroxylation is 1. The smallest absolute Gasteiger partial charge is 0.323 e. The third-order valence-electron chi connectivity index (χ3n) is 4.10. The van der Waals surface area contributed by atoms with Gasteiger partial charge in [0, 0.05) is 0 Å². The van der Waals surface area contributed by atoms with E-state index in [4.69, 9.17) is 18.9 Å². The fourth-order valence-electron chi connectivity index (χ4n) is 2.80. The van der Waals surface area contributed by atoms with E-state index < -0.39 is 17.4 Å². The summed E-state index contributed by atoms with van der Waals surface area (Å²) < 4.78 is 21.0. The van der Waals surface area contributed by atoms with Crippen LogP contribution in [-0.2, 0) is 25.5 Å². The summed E-state index contributed by atoms with van der Waals surface area (Å²) in [7, 11) is 0. The van der Waals surface area contributed by atoms with Gasteiger partial charge < -0.3 is 18.9 Å². The highest BCUT2D eigenvalue weighted by atomic mass is 16.7. The largest absolute Gasteiger partial charge is 0.465 e. The second-order valence-corrected chi connectivity index (χ2v) is 5.70. The lowest BCUT2D eigenvalue weighted by Crippen LogP contribution is -2.42. The van der Waals surface area contributed by atoms with Crippen LogP contribution in [0, 0.1) is 5.41 Å². The number of fused-ring (bicyclic) bond motifs is 1. The molecule has 0 spiro atoms. The van der Waals surface area contributed by atoms with Crippen molar-refractivity contribution in [1.82, 2.24) is 0 Å². The molecule has 25 heavy (non-hydrogen) atoms. The number of carbonyl (C=O) groups excluding carboxylic acids is 2. The van der Waals surface area contributed by atoms with E-state index in [0.717, 1.165) is 5.56 Å². The second-order valence-electron chi connectivity index (χ2n) is 5.70. The first kappa shape index (κ1) is 18.8. The number of carbonyl (C=O) groups is 2. The van der Waals surface area contributed by atoms with Crippen molar-refractivity contribution in [2.24, 2.45) is 5.41 Å². The average Bonchev–Trinajstić information content (AvgIpc) is 3.06. The fourth-order valence-corrected chi connectivity index (χ4v) is 2.80. The van der Waals surface area contributed by atoms with Crippen LogP contribution < -0.4 is 9.47 Å². The first-order chi connectivity index (χ1) is 12.1. The number of benzene rings is 1. The molecular formula is C19H24O6. The lowest BCUT2D eigenvalue weighted by molar-refractivity contribution is -0.172. The minimum Gasteiger partial charge on any atom is -0.465 e. The van der Waals surface area contributed by atoms with Crippen molar-refractivity contribution in [3.63, 3.8) is 0 Å². The van der Waals surface area contributed by atoms with Crippen molar-refractivity contribution in [2.45, 2.75) is 33.1 Å². The number of esters is 2. The Morgan fingerprint density at radius 1 is 1.16 bits per heavy atom. The van der Waals surface area contributed by atoms with Gasteiger partial charge in [-0.2, -0.15) is 0 Å². The first-order valence-electron chi connectivity index (χ1n) is 8.41. The molecule has 0 saturated carbocycles. The number of hydrogen-bond acceptors (Lipinski definition) is 6. The van der Waals surface area contributed by atoms with Crippen molar-refractivity contribution in [3.8, 4) is 11.5 Å². The summed E-state index contributed by atoms with van der Waals surface area (Å²) in [6, 6.07) is 5.57. The van der Waals surface area contributed by atoms with E-state index in [1.807, 2.05) is 18.2 Å². The number of rotatable bonds is 9. The maximum Gasteiger partial charge on any atom is 0.323 e. The van der Waals surface area contributed by atoms with Gasteiger partial charge in [0.2, 0.25) is 6.79 Å². The maximum absolute atomic E-state index is 12.6. The normalized spacial score (nSPS) is 12.6. The third kappa shape index (κ3) is 4.13. The molecule has 0 atom stereocenters. The van der Waals surface area contributed by atoms with Crippen LogP contribution in [0.3, 0.4) is 0 Å². The molecule has 6 heteroatoms. The van der Waals surface area contributed by atoms with Crippen molar-refractivity contribution < 1.29 is 28.5 Å². The zero-order chi connectivity index (χ0) is 18.3. The number of allylic oxidation sites excluding steroid dienone is 1. The highest BCUT2D eigenvalue weighted by Gasteiger charge is 2.47. The molecule has 1 aliphatic heterocycles. The Bertz CT molecular complexity index is 619. The summed E-state index contributed by atoms with van der Waals surface area (Å²) in [6.45, 7) is 7.69. The van der Waals surface area contributed by atoms with E-state index in [2.05, 4.69) is 6.58 Å². The summed E-state index contributed by atoms with van der Waals surface area (Å²) in [6.07, 6.45) is 2.46. The minimum absolute atomic E-state index is 0.162. The highest BCUT2D eigenvalue weighted by Crippen LogP contribution is 2.36. The van der Waals surface area contributed by atoms with Crippen molar-refractivity contribution in [1.29, 1.82) is 0 Å². The maximum atomic E-state index is 12.6. The van der Waals surface area contributed by atoms with Crippen LogP contribution in [0.15, 0.2) is 30.9 Å². The quantitative estimate of drug-likeness (QED) is 0.388. The van der Waals surface area contributed by atoms with E-state index in [1.54, 1.807) is 19.9 Å². The molecule has 0 fully saturated rings. The van der Waals surface area contributed by atoms with E-state index >= 15 is 0 Å². The van der Waals surface area contributed by atoms with Crippen LogP contribution in [0.1, 0.15) is 32.3 Å². The van der Waals surface area contributed by atoms with Gasteiger partial charge >= 0.3 is 11.9 Å². The molecule has 0 aliphatic carbocycles. The molecule has 0 saturated heterocycles. The third-order valence-corrected chi connectivity index (χ3v) is 4.10. The van der Waals surface area contributed by atoms with Gasteiger partial charge in [-0.05, 0) is 50.8 Å². The van der Waals surface area contributed by atoms with Gasteiger partial charge in [0.25, 0.3) is 0 Å². The molecule has 1 aliphatic rings. The van der Waals surface area contributed by atoms with Crippen molar-refractivity contribution in [3.05, 3.63) is 36.4 Å². The van der Waals surface area contributed by atoms with E-state index in [-0.39, 0.29) is 32.8 Å². The van der Waals surface area contributed by atoms with Gasteiger partial charge in [0.1, 0.15) is 0 Å². The van der Waals surface area contributed by atoms with E-state index in [1.165, 1.54) is 0 Å². The van der Waals surface area contributed by atoms with Crippen LogP contribution in [0.5, 0.6) is 11.5 Å². The molecule has 0 unspecified atom stereocenters. The molecule has 0 N–H and O–H groups in total. The lowest BCUT2D eigenvalue weighted by atomic mass is 9.79. The van der Waals surface area contributed by atoms with Crippen LogP contribution >= 0.6 is 0 Å². The minimum atomic E-state index is -1.38. The molecule has 1 aromatic rings. The van der Waals surface area contributed by atoms with E-state index in [0.29, 0.717) is 17.9 Å². The molecule has 136 valence electrons. The van der Waals surface area contributed by atoms with Gasteiger partial charge in [0.15, 0.2) is 16.9 Å². The summed E-state index contributed by atoms with van der Waals surface area (Å²) >= 11 is 0. The van der Waals surface area contributed by atoms with Gasteiger partial charge in [-0.15, -0.1) is 6.58 Å². The first-order valence-corrected chi connectivity index (χ1v) is 8.41. The summed E-state index contributed by atoms with van der Waals surface area (Å²) in [5.74, 6) is 0.208. The molecule has 0 amide bonds. The molecule has 1 heterocycles. The highest BCUT2D eigenvalue weighted by molar-refractivity contribution is 6.00. The predicted octanol–water partition coefficient (Wildman–Crippen LogP) is 3.04. The lowest BCUT2D eigenvalue weighted by Gasteiger charge is -2.28. The molecular weight excluding hydrogens is 324 g/mol. The zero-order valence-electron chi connectivity index (χ0n) is 14.7. The Balaban J connectivity index is 2.23. The predicted molar refractivity (Wildman–Crippen MR) is 91.4 cm³/mol. The summed E-state index contributed by atoms with van der Waals surface area (Å²) in [5.41, 5.74) is -0.448. The van der Waals surface area contributed by atoms with Crippen molar-refractivity contribution in [2.75, 3.05) is 20.0 Å². The Morgan fingerprint density at radius 2 is 1.80 bits per heavy atom. The summed E-state index contributed by atoms with van der Waals surface area (Å²) in [4.78, 5) is 25.1. The van der Waals surface area contributed by atoms with E-state index in [9.17, 15) is 9.59 Å². The zero-order valence-corrected chi connectivity index (χ0v) is 14.7. The molecule has 2 rings (SSSR count). The topological polar surface area (TPSA) is 71.1 Å². The number of ether oxygens (including phenoxy) is 4. The van der Waals surface area contributed by atoms with Gasteiger partial charge in [-0.25, -0.2) is 0 Å². The Labute approximate surface area is 147 Å². The fraction of sp³-hybridized carbons (Fsp3) is 0.474. The Hall–Kier alpha value is -2.50. The van der Waals surface area contributed by atoms with Gasteiger partial charge in [-0.1, -0.05) is 12.1 Å². The average molecular weight is 348 g/mol. The molecule has 1 aromatic carbocycles.